The maximum Gasteiger partial charge on any atom is 0.123 e. The van der Waals surface area contributed by atoms with E-state index in [1.165, 1.54) is 12.1 Å². The molecule has 1 aromatic carbocycles. The predicted molar refractivity (Wildman–Crippen MR) is 84.7 cm³/mol. The highest BCUT2D eigenvalue weighted by atomic mass is 19.1. The summed E-state index contributed by atoms with van der Waals surface area (Å²) < 4.78 is 20.3. The lowest BCUT2D eigenvalue weighted by Crippen LogP contribution is -2.40. The zero-order chi connectivity index (χ0) is 16.1. The van der Waals surface area contributed by atoms with Gasteiger partial charge in [0.1, 0.15) is 24.3 Å². The molecule has 1 fully saturated rings. The lowest BCUT2D eigenvalue weighted by Gasteiger charge is -2.26. The molecule has 0 unspecified atom stereocenters. The summed E-state index contributed by atoms with van der Waals surface area (Å²) in [4.78, 5) is 2.29. The van der Waals surface area contributed by atoms with Crippen LogP contribution in [0, 0.1) is 5.82 Å². The zero-order valence-corrected chi connectivity index (χ0v) is 13.0. The highest BCUT2D eigenvalue weighted by molar-refractivity contribution is 5.22. The summed E-state index contributed by atoms with van der Waals surface area (Å²) in [5.74, 6) is 0.274. The van der Waals surface area contributed by atoms with E-state index >= 15 is 0 Å². The molecule has 1 aromatic heterocycles. The van der Waals surface area contributed by atoms with Crippen molar-refractivity contribution in [3.63, 3.8) is 0 Å². The second-order valence-corrected chi connectivity index (χ2v) is 5.94. The van der Waals surface area contributed by atoms with Crippen LogP contribution in [0.5, 0.6) is 5.75 Å². The van der Waals surface area contributed by atoms with E-state index in [0.29, 0.717) is 18.3 Å². The first kappa shape index (κ1) is 16.0. The van der Waals surface area contributed by atoms with Crippen LogP contribution < -0.4 is 4.74 Å². The number of aromatic nitrogens is 2. The topological polar surface area (TPSA) is 50.5 Å². The van der Waals surface area contributed by atoms with Gasteiger partial charge in [-0.3, -0.25) is 9.58 Å². The molecule has 1 aliphatic rings. The Morgan fingerprint density at radius 1 is 1.35 bits per heavy atom. The lowest BCUT2D eigenvalue weighted by atomic mass is 10.2. The van der Waals surface area contributed by atoms with Crippen LogP contribution >= 0.6 is 0 Å². The molecule has 0 amide bonds. The molecule has 5 nitrogen and oxygen atoms in total. The van der Waals surface area contributed by atoms with E-state index in [1.54, 1.807) is 18.3 Å². The molecule has 1 N–H and O–H groups in total. The number of ether oxygens (including phenoxy) is 1. The summed E-state index contributed by atoms with van der Waals surface area (Å²) in [6, 6.07) is 8.15. The Hall–Kier alpha value is -1.92. The van der Waals surface area contributed by atoms with Gasteiger partial charge in [-0.1, -0.05) is 0 Å². The number of aliphatic hydroxyl groups excluding tert-OH is 1. The summed E-state index contributed by atoms with van der Waals surface area (Å²) in [5.41, 5.74) is 0. The Morgan fingerprint density at radius 2 is 2.17 bits per heavy atom. The van der Waals surface area contributed by atoms with E-state index in [2.05, 4.69) is 10.00 Å². The second kappa shape index (κ2) is 7.57. The smallest absolute Gasteiger partial charge is 0.123 e. The first-order valence-corrected chi connectivity index (χ1v) is 7.98. The molecule has 6 heteroatoms. The van der Waals surface area contributed by atoms with Crippen LogP contribution in [-0.4, -0.2) is 51.6 Å². The molecule has 23 heavy (non-hydrogen) atoms. The number of β-amino-alcohol motifs (C(OH)–C–C–N with tert-alkyl or cyclic N) is 1. The van der Waals surface area contributed by atoms with Gasteiger partial charge in [0.15, 0.2) is 0 Å². The molecule has 124 valence electrons. The SMILES string of the molecule is O[C@@H](COc1ccc(F)cc1)CN1CCC[C@H]1Cn1cccn1. The van der Waals surface area contributed by atoms with Crippen LogP contribution in [0.1, 0.15) is 12.8 Å². The summed E-state index contributed by atoms with van der Waals surface area (Å²) in [7, 11) is 0. The van der Waals surface area contributed by atoms with Gasteiger partial charge >= 0.3 is 0 Å². The molecule has 0 bridgehead atoms. The van der Waals surface area contributed by atoms with Gasteiger partial charge in [-0.2, -0.15) is 5.10 Å². The number of benzene rings is 1. The van der Waals surface area contributed by atoms with E-state index in [9.17, 15) is 9.50 Å². The van der Waals surface area contributed by atoms with E-state index in [4.69, 9.17) is 4.74 Å². The van der Waals surface area contributed by atoms with Gasteiger partial charge in [0, 0.05) is 25.0 Å². The van der Waals surface area contributed by atoms with Crippen molar-refractivity contribution < 1.29 is 14.2 Å². The third-order valence-electron chi connectivity index (χ3n) is 4.16. The Bertz CT molecular complexity index is 588. The maximum absolute atomic E-state index is 12.8. The quantitative estimate of drug-likeness (QED) is 0.847. The molecular weight excluding hydrogens is 297 g/mol. The number of rotatable bonds is 7. The van der Waals surface area contributed by atoms with E-state index < -0.39 is 6.10 Å². The highest BCUT2D eigenvalue weighted by Gasteiger charge is 2.26. The molecule has 0 saturated carbocycles. The van der Waals surface area contributed by atoms with E-state index in [0.717, 1.165) is 25.9 Å². The van der Waals surface area contributed by atoms with Crippen molar-refractivity contribution in [3.8, 4) is 5.75 Å². The standard InChI is InChI=1S/C17H22FN3O2/c18-14-4-6-17(7-5-14)23-13-16(22)12-20-9-1-3-15(20)11-21-10-2-8-19-21/h2,4-8,10,15-16,22H,1,3,9,11-13H2/t15-,16+/m0/s1. The van der Waals surface area contributed by atoms with Crippen LogP contribution in [0.2, 0.25) is 0 Å². The predicted octanol–water partition coefficient (Wildman–Crippen LogP) is 1.93. The minimum absolute atomic E-state index is 0.205. The van der Waals surface area contributed by atoms with Gasteiger partial charge in [0.05, 0.1) is 6.54 Å². The Labute approximate surface area is 135 Å². The molecule has 0 aliphatic carbocycles. The second-order valence-electron chi connectivity index (χ2n) is 5.94. The van der Waals surface area contributed by atoms with Gasteiger partial charge < -0.3 is 9.84 Å². The van der Waals surface area contributed by atoms with Crippen molar-refractivity contribution in [2.45, 2.75) is 31.5 Å². The third-order valence-corrected chi connectivity index (χ3v) is 4.16. The number of aliphatic hydroxyl groups is 1. The summed E-state index contributed by atoms with van der Waals surface area (Å²) in [6.45, 7) is 2.61. The highest BCUT2D eigenvalue weighted by Crippen LogP contribution is 2.19. The summed E-state index contributed by atoms with van der Waals surface area (Å²) in [5, 5.41) is 14.5. The molecule has 1 aliphatic heterocycles. The first-order chi connectivity index (χ1) is 11.2. The minimum atomic E-state index is -0.571. The normalized spacial score (nSPS) is 19.8. The molecule has 1 saturated heterocycles. The van der Waals surface area contributed by atoms with Crippen LogP contribution in [0.25, 0.3) is 0 Å². The van der Waals surface area contributed by atoms with E-state index in [1.807, 2.05) is 16.9 Å². The van der Waals surface area contributed by atoms with Crippen molar-refractivity contribution in [2.75, 3.05) is 19.7 Å². The van der Waals surface area contributed by atoms with Gasteiger partial charge in [0.2, 0.25) is 0 Å². The molecule has 2 heterocycles. The maximum atomic E-state index is 12.8. The Kier molecular flexibility index (Phi) is 5.25. The van der Waals surface area contributed by atoms with Crippen molar-refractivity contribution in [2.24, 2.45) is 0 Å². The van der Waals surface area contributed by atoms with Gasteiger partial charge in [-0.25, -0.2) is 4.39 Å². The molecule has 2 aromatic rings. The Balaban J connectivity index is 1.46. The first-order valence-electron chi connectivity index (χ1n) is 7.98. The molecule has 3 rings (SSSR count). The third kappa shape index (κ3) is 4.53. The van der Waals surface area contributed by atoms with E-state index in [-0.39, 0.29) is 12.4 Å². The molecule has 0 spiro atoms. The average Bonchev–Trinajstić information content (AvgIpc) is 3.20. The molecular formula is C17H22FN3O2. The summed E-state index contributed by atoms with van der Waals surface area (Å²) >= 11 is 0. The summed E-state index contributed by atoms with van der Waals surface area (Å²) in [6.07, 6.45) is 5.43. The minimum Gasteiger partial charge on any atom is -0.491 e. The van der Waals surface area contributed by atoms with Gasteiger partial charge in [-0.15, -0.1) is 0 Å². The average molecular weight is 319 g/mol. The van der Waals surface area contributed by atoms with Crippen LogP contribution in [0.15, 0.2) is 42.7 Å². The number of hydrogen-bond donors (Lipinski definition) is 1. The van der Waals surface area contributed by atoms with Crippen molar-refractivity contribution in [1.29, 1.82) is 0 Å². The lowest BCUT2D eigenvalue weighted by molar-refractivity contribution is 0.0609. The van der Waals surface area contributed by atoms with Crippen LogP contribution in [0.3, 0.4) is 0 Å². The fraction of sp³-hybridized carbons (Fsp3) is 0.471. The van der Waals surface area contributed by atoms with Gasteiger partial charge in [-0.05, 0) is 49.7 Å². The van der Waals surface area contributed by atoms with Crippen molar-refractivity contribution >= 4 is 0 Å². The fourth-order valence-corrected chi connectivity index (χ4v) is 3.01. The van der Waals surface area contributed by atoms with Crippen LogP contribution in [-0.2, 0) is 6.54 Å². The number of nitrogens with zero attached hydrogens (tertiary/aromatic N) is 3. The largest absolute Gasteiger partial charge is 0.491 e. The zero-order valence-electron chi connectivity index (χ0n) is 13.0. The Morgan fingerprint density at radius 3 is 2.91 bits per heavy atom. The van der Waals surface area contributed by atoms with Crippen LogP contribution in [0.4, 0.5) is 4.39 Å². The number of halogens is 1. The fourth-order valence-electron chi connectivity index (χ4n) is 3.01. The van der Waals surface area contributed by atoms with Gasteiger partial charge in [0.25, 0.3) is 0 Å². The molecule has 0 radical (unpaired) electrons. The van der Waals surface area contributed by atoms with Crippen molar-refractivity contribution in [1.82, 2.24) is 14.7 Å². The number of likely N-dealkylation sites (tertiary alicyclic amines) is 1. The number of hydrogen-bond acceptors (Lipinski definition) is 4. The molecule has 2 atom stereocenters. The monoisotopic (exact) mass is 319 g/mol. The van der Waals surface area contributed by atoms with Crippen molar-refractivity contribution in [3.05, 3.63) is 48.5 Å².